The molecule has 17 heavy (non-hydrogen) atoms. The molecule has 0 amide bonds. The SMILES string of the molecule is O=C(O)C1(C(=O)c2cccc(O)c2)CCCC1. The van der Waals surface area contributed by atoms with Gasteiger partial charge in [-0.2, -0.15) is 0 Å². The number of hydrogen-bond donors (Lipinski definition) is 2. The van der Waals surface area contributed by atoms with Crippen LogP contribution in [-0.4, -0.2) is 22.0 Å². The van der Waals surface area contributed by atoms with E-state index in [1.807, 2.05) is 0 Å². The average molecular weight is 234 g/mol. The molecule has 1 aromatic rings. The van der Waals surface area contributed by atoms with Crippen molar-refractivity contribution < 1.29 is 19.8 Å². The normalized spacial score (nSPS) is 17.9. The molecule has 0 saturated heterocycles. The first-order valence-corrected chi connectivity index (χ1v) is 5.63. The maximum atomic E-state index is 12.3. The summed E-state index contributed by atoms with van der Waals surface area (Å²) in [5.74, 6) is -1.46. The van der Waals surface area contributed by atoms with Gasteiger partial charge in [0.15, 0.2) is 5.78 Å². The Balaban J connectivity index is 2.38. The molecule has 1 aliphatic rings. The van der Waals surface area contributed by atoms with Crippen LogP contribution in [0.4, 0.5) is 0 Å². The molecule has 0 atom stereocenters. The highest BCUT2D eigenvalue weighted by Crippen LogP contribution is 2.41. The highest BCUT2D eigenvalue weighted by molar-refractivity contribution is 6.12. The summed E-state index contributed by atoms with van der Waals surface area (Å²) < 4.78 is 0. The van der Waals surface area contributed by atoms with Gasteiger partial charge < -0.3 is 10.2 Å². The van der Waals surface area contributed by atoms with Gasteiger partial charge >= 0.3 is 5.97 Å². The third-order valence-corrected chi connectivity index (χ3v) is 3.41. The molecule has 1 aliphatic carbocycles. The maximum Gasteiger partial charge on any atom is 0.317 e. The van der Waals surface area contributed by atoms with E-state index in [9.17, 15) is 19.8 Å². The van der Waals surface area contributed by atoms with Crippen molar-refractivity contribution in [1.29, 1.82) is 0 Å². The van der Waals surface area contributed by atoms with Crippen molar-refractivity contribution in [3.05, 3.63) is 29.8 Å². The second-order valence-corrected chi connectivity index (χ2v) is 4.47. The summed E-state index contributed by atoms with van der Waals surface area (Å²) in [6, 6.07) is 5.88. The standard InChI is InChI=1S/C13H14O4/c14-10-5-3-4-9(8-10)11(15)13(12(16)17)6-1-2-7-13/h3-5,8,14H,1-2,6-7H2,(H,16,17). The predicted octanol–water partition coefficient (Wildman–Crippen LogP) is 2.22. The minimum atomic E-state index is -1.28. The molecule has 2 rings (SSSR count). The quantitative estimate of drug-likeness (QED) is 0.621. The van der Waals surface area contributed by atoms with Crippen LogP contribution in [-0.2, 0) is 4.79 Å². The van der Waals surface area contributed by atoms with Crippen molar-refractivity contribution in [1.82, 2.24) is 0 Å². The number of phenols is 1. The van der Waals surface area contributed by atoms with Crippen LogP contribution >= 0.6 is 0 Å². The number of carboxylic acid groups (broad SMARTS) is 1. The fourth-order valence-corrected chi connectivity index (χ4v) is 2.44. The average Bonchev–Trinajstić information content (AvgIpc) is 2.78. The highest BCUT2D eigenvalue weighted by atomic mass is 16.4. The lowest BCUT2D eigenvalue weighted by Crippen LogP contribution is -2.36. The van der Waals surface area contributed by atoms with Crippen LogP contribution in [0.3, 0.4) is 0 Å². The molecular formula is C13H14O4. The van der Waals surface area contributed by atoms with Crippen LogP contribution in [0.1, 0.15) is 36.0 Å². The lowest BCUT2D eigenvalue weighted by atomic mass is 9.79. The summed E-state index contributed by atoms with van der Waals surface area (Å²) in [5, 5.41) is 18.6. The van der Waals surface area contributed by atoms with E-state index in [4.69, 9.17) is 0 Å². The summed E-state index contributed by atoms with van der Waals surface area (Å²) in [7, 11) is 0. The van der Waals surface area contributed by atoms with Gasteiger partial charge in [-0.25, -0.2) is 0 Å². The summed E-state index contributed by atoms with van der Waals surface area (Å²) >= 11 is 0. The summed E-state index contributed by atoms with van der Waals surface area (Å²) in [6.45, 7) is 0. The van der Waals surface area contributed by atoms with Gasteiger partial charge in [-0.15, -0.1) is 0 Å². The van der Waals surface area contributed by atoms with Crippen LogP contribution in [0.2, 0.25) is 0 Å². The maximum absolute atomic E-state index is 12.3. The van der Waals surface area contributed by atoms with Gasteiger partial charge in [0.2, 0.25) is 0 Å². The largest absolute Gasteiger partial charge is 0.508 e. The molecule has 0 heterocycles. The molecule has 0 spiro atoms. The number of benzene rings is 1. The fraction of sp³-hybridized carbons (Fsp3) is 0.385. The van der Waals surface area contributed by atoms with Crippen LogP contribution < -0.4 is 0 Å². The number of aromatic hydroxyl groups is 1. The van der Waals surface area contributed by atoms with E-state index < -0.39 is 17.2 Å². The summed E-state index contributed by atoms with van der Waals surface area (Å²) in [4.78, 5) is 23.6. The van der Waals surface area contributed by atoms with E-state index in [2.05, 4.69) is 0 Å². The molecule has 1 saturated carbocycles. The van der Waals surface area contributed by atoms with Crippen molar-refractivity contribution in [3.8, 4) is 5.75 Å². The number of carbonyl (C=O) groups excluding carboxylic acids is 1. The van der Waals surface area contributed by atoms with Crippen molar-refractivity contribution in [2.45, 2.75) is 25.7 Å². The van der Waals surface area contributed by atoms with Crippen molar-refractivity contribution in [2.24, 2.45) is 5.41 Å². The number of carbonyl (C=O) groups is 2. The molecule has 0 aromatic heterocycles. The van der Waals surface area contributed by atoms with E-state index in [-0.39, 0.29) is 11.3 Å². The Labute approximate surface area is 98.9 Å². The second-order valence-electron chi connectivity index (χ2n) is 4.47. The number of carboxylic acids is 1. The van der Waals surface area contributed by atoms with Crippen LogP contribution in [0, 0.1) is 5.41 Å². The van der Waals surface area contributed by atoms with Gasteiger partial charge in [0.05, 0.1) is 0 Å². The predicted molar refractivity (Wildman–Crippen MR) is 61.0 cm³/mol. The zero-order valence-electron chi connectivity index (χ0n) is 9.35. The lowest BCUT2D eigenvalue weighted by molar-refractivity contribution is -0.145. The molecule has 1 aromatic carbocycles. The Hall–Kier alpha value is -1.84. The van der Waals surface area contributed by atoms with Crippen LogP contribution in [0.25, 0.3) is 0 Å². The lowest BCUT2D eigenvalue weighted by Gasteiger charge is -2.22. The number of phenolic OH excluding ortho intramolecular Hbond substituents is 1. The topological polar surface area (TPSA) is 74.6 Å². The zero-order valence-corrected chi connectivity index (χ0v) is 9.35. The minimum absolute atomic E-state index is 0.0191. The van der Waals surface area contributed by atoms with Gasteiger partial charge in [0, 0.05) is 5.56 Å². The smallest absolute Gasteiger partial charge is 0.317 e. The van der Waals surface area contributed by atoms with Gasteiger partial charge in [0.1, 0.15) is 11.2 Å². The first kappa shape index (κ1) is 11.6. The molecule has 0 bridgehead atoms. The molecule has 0 aliphatic heterocycles. The first-order valence-electron chi connectivity index (χ1n) is 5.63. The highest BCUT2D eigenvalue weighted by Gasteiger charge is 2.48. The molecule has 0 radical (unpaired) electrons. The van der Waals surface area contributed by atoms with E-state index in [1.54, 1.807) is 12.1 Å². The monoisotopic (exact) mass is 234 g/mol. The molecule has 4 nitrogen and oxygen atoms in total. The number of rotatable bonds is 3. The van der Waals surface area contributed by atoms with Crippen molar-refractivity contribution in [3.63, 3.8) is 0 Å². The van der Waals surface area contributed by atoms with Gasteiger partial charge in [-0.05, 0) is 25.0 Å². The Morgan fingerprint density at radius 3 is 2.35 bits per heavy atom. The van der Waals surface area contributed by atoms with Crippen LogP contribution in [0.5, 0.6) is 5.75 Å². The number of Topliss-reactive ketones (excluding diaryl/α,β-unsaturated/α-hetero) is 1. The molecule has 4 heteroatoms. The molecule has 2 N–H and O–H groups in total. The van der Waals surface area contributed by atoms with E-state index in [0.717, 1.165) is 12.8 Å². The van der Waals surface area contributed by atoms with E-state index >= 15 is 0 Å². The molecule has 1 fully saturated rings. The Morgan fingerprint density at radius 1 is 1.18 bits per heavy atom. The fourth-order valence-electron chi connectivity index (χ4n) is 2.44. The third kappa shape index (κ3) is 1.90. The van der Waals surface area contributed by atoms with Gasteiger partial charge in [-0.1, -0.05) is 25.0 Å². The Morgan fingerprint density at radius 2 is 1.82 bits per heavy atom. The third-order valence-electron chi connectivity index (χ3n) is 3.41. The van der Waals surface area contributed by atoms with Crippen molar-refractivity contribution >= 4 is 11.8 Å². The molecule has 90 valence electrons. The second kappa shape index (κ2) is 4.20. The van der Waals surface area contributed by atoms with E-state index in [0.29, 0.717) is 12.8 Å². The summed E-state index contributed by atoms with van der Waals surface area (Å²) in [5.41, 5.74) is -1.01. The molecule has 0 unspecified atom stereocenters. The van der Waals surface area contributed by atoms with Gasteiger partial charge in [0.25, 0.3) is 0 Å². The number of ketones is 1. The number of hydrogen-bond acceptors (Lipinski definition) is 3. The van der Waals surface area contributed by atoms with Crippen molar-refractivity contribution in [2.75, 3.05) is 0 Å². The van der Waals surface area contributed by atoms with Crippen LogP contribution in [0.15, 0.2) is 24.3 Å². The first-order chi connectivity index (χ1) is 8.06. The van der Waals surface area contributed by atoms with E-state index in [1.165, 1.54) is 12.1 Å². The summed E-state index contributed by atoms with van der Waals surface area (Å²) in [6.07, 6.45) is 2.29. The minimum Gasteiger partial charge on any atom is -0.508 e. The van der Waals surface area contributed by atoms with Gasteiger partial charge in [-0.3, -0.25) is 9.59 Å². The molecular weight excluding hydrogens is 220 g/mol. The zero-order chi connectivity index (χ0) is 12.5. The number of aliphatic carboxylic acids is 1. The Kier molecular flexibility index (Phi) is 2.88. The Bertz CT molecular complexity index is 458.